The minimum absolute atomic E-state index is 0.0187. The SMILES string of the molecule is Cc1cc(OCC(O)CO)cc(C)c1-c1ccc(F)c(COc2cc3c(cn2)C2CC2C3)c1. The molecule has 0 bridgehead atoms. The fourth-order valence-corrected chi connectivity index (χ4v) is 4.91. The van der Waals surface area contributed by atoms with Gasteiger partial charge >= 0.3 is 0 Å². The van der Waals surface area contributed by atoms with E-state index in [0.717, 1.165) is 34.6 Å². The van der Waals surface area contributed by atoms with Crippen LogP contribution in [0, 0.1) is 25.6 Å². The number of aliphatic hydroxyl groups excluding tert-OH is 2. The minimum Gasteiger partial charge on any atom is -0.491 e. The number of hydrogen-bond acceptors (Lipinski definition) is 5. The lowest BCUT2D eigenvalue weighted by atomic mass is 9.94. The number of aromatic nitrogens is 1. The van der Waals surface area contributed by atoms with E-state index in [-0.39, 0.29) is 25.6 Å². The van der Waals surface area contributed by atoms with Crippen LogP contribution >= 0.6 is 0 Å². The van der Waals surface area contributed by atoms with E-state index >= 15 is 0 Å². The van der Waals surface area contributed by atoms with E-state index in [4.69, 9.17) is 14.6 Å². The molecule has 3 aromatic rings. The fourth-order valence-electron chi connectivity index (χ4n) is 4.91. The highest BCUT2D eigenvalue weighted by Gasteiger charge is 2.45. The van der Waals surface area contributed by atoms with Crippen LogP contribution < -0.4 is 9.47 Å². The van der Waals surface area contributed by atoms with Crippen LogP contribution in [0.5, 0.6) is 11.6 Å². The second-order valence-electron chi connectivity index (χ2n) is 9.20. The van der Waals surface area contributed by atoms with Gasteiger partial charge in [0, 0.05) is 17.8 Å². The van der Waals surface area contributed by atoms with E-state index in [2.05, 4.69) is 4.98 Å². The van der Waals surface area contributed by atoms with Gasteiger partial charge in [0.15, 0.2) is 0 Å². The number of pyridine rings is 1. The largest absolute Gasteiger partial charge is 0.491 e. The molecule has 5 rings (SSSR count). The third-order valence-corrected chi connectivity index (χ3v) is 6.67. The molecule has 2 aliphatic carbocycles. The molecule has 2 aliphatic rings. The first-order valence-corrected chi connectivity index (χ1v) is 11.4. The first-order valence-electron chi connectivity index (χ1n) is 11.4. The zero-order valence-electron chi connectivity index (χ0n) is 18.8. The Morgan fingerprint density at radius 2 is 1.91 bits per heavy atom. The van der Waals surface area contributed by atoms with Crippen molar-refractivity contribution in [1.29, 1.82) is 0 Å². The van der Waals surface area contributed by atoms with Crippen LogP contribution in [0.3, 0.4) is 0 Å². The highest BCUT2D eigenvalue weighted by Crippen LogP contribution is 2.56. The van der Waals surface area contributed by atoms with Crippen LogP contribution in [0.1, 0.15) is 40.2 Å². The molecule has 1 fully saturated rings. The van der Waals surface area contributed by atoms with Crippen LogP contribution in [-0.4, -0.2) is 34.5 Å². The minimum atomic E-state index is -0.921. The molecule has 5 nitrogen and oxygen atoms in total. The van der Waals surface area contributed by atoms with Crippen molar-refractivity contribution in [2.75, 3.05) is 13.2 Å². The summed E-state index contributed by atoms with van der Waals surface area (Å²) in [4.78, 5) is 4.43. The molecule has 3 unspecified atom stereocenters. The summed E-state index contributed by atoms with van der Waals surface area (Å²) in [6.07, 6.45) is 3.38. The summed E-state index contributed by atoms with van der Waals surface area (Å²) in [5.74, 6) is 2.33. The Morgan fingerprint density at radius 1 is 1.12 bits per heavy atom. The van der Waals surface area contributed by atoms with E-state index in [0.29, 0.717) is 23.1 Å². The van der Waals surface area contributed by atoms with Crippen LogP contribution in [0.25, 0.3) is 11.1 Å². The lowest BCUT2D eigenvalue weighted by molar-refractivity contribution is 0.0536. The number of fused-ring (bicyclic) bond motifs is 3. The molecule has 0 spiro atoms. The molecule has 1 heterocycles. The smallest absolute Gasteiger partial charge is 0.213 e. The van der Waals surface area contributed by atoms with Gasteiger partial charge in [-0.3, -0.25) is 0 Å². The van der Waals surface area contributed by atoms with Crippen molar-refractivity contribution in [3.63, 3.8) is 0 Å². The van der Waals surface area contributed by atoms with Gasteiger partial charge in [-0.05, 0) is 96.2 Å². The van der Waals surface area contributed by atoms with Crippen molar-refractivity contribution in [1.82, 2.24) is 4.98 Å². The number of aryl methyl sites for hydroxylation is 2. The third kappa shape index (κ3) is 4.45. The van der Waals surface area contributed by atoms with Gasteiger partial charge in [0.05, 0.1) is 6.61 Å². The summed E-state index contributed by atoms with van der Waals surface area (Å²) in [7, 11) is 0. The van der Waals surface area contributed by atoms with E-state index < -0.39 is 6.10 Å². The zero-order chi connectivity index (χ0) is 23.1. The Bertz CT molecular complexity index is 1170. The van der Waals surface area contributed by atoms with Gasteiger partial charge in [-0.1, -0.05) is 6.07 Å². The molecule has 6 heteroatoms. The molecule has 0 saturated heterocycles. The summed E-state index contributed by atoms with van der Waals surface area (Å²) in [5.41, 5.74) is 6.99. The number of hydrogen-bond donors (Lipinski definition) is 2. The highest BCUT2D eigenvalue weighted by molar-refractivity contribution is 5.72. The first kappa shape index (κ1) is 21.9. The average Bonchev–Trinajstić information content (AvgIpc) is 3.47. The molecule has 2 N–H and O–H groups in total. The van der Waals surface area contributed by atoms with Gasteiger partial charge in [0.25, 0.3) is 0 Å². The molecular weight excluding hydrogens is 421 g/mol. The summed E-state index contributed by atoms with van der Waals surface area (Å²) in [5, 5.41) is 18.5. The molecule has 2 aromatic carbocycles. The van der Waals surface area contributed by atoms with Gasteiger partial charge in [0.2, 0.25) is 5.88 Å². The summed E-state index contributed by atoms with van der Waals surface area (Å²) in [6.45, 7) is 3.71. The number of aliphatic hydroxyl groups is 2. The fraction of sp³-hybridized carbons (Fsp3) is 0.370. The maximum Gasteiger partial charge on any atom is 0.213 e. The average molecular weight is 450 g/mol. The number of nitrogens with zero attached hydrogens (tertiary/aromatic N) is 1. The number of ether oxygens (including phenoxy) is 2. The standard InChI is InChI=1S/C27H28FNO4/c1-15-5-22(32-14-21(31)12-30)6-16(2)27(15)17-3-4-25(28)20(7-17)13-33-26-10-19-8-18-9-23(18)24(19)11-29-26/h3-7,10-11,18,21,23,30-31H,8-9,12-14H2,1-2H3. The van der Waals surface area contributed by atoms with E-state index in [1.165, 1.54) is 23.6 Å². The number of benzene rings is 2. The van der Waals surface area contributed by atoms with E-state index in [1.54, 1.807) is 6.07 Å². The molecule has 33 heavy (non-hydrogen) atoms. The summed E-state index contributed by atoms with van der Waals surface area (Å²) in [6, 6.07) is 10.8. The predicted octanol–water partition coefficient (Wildman–Crippen LogP) is 4.48. The van der Waals surface area contributed by atoms with Gasteiger partial charge < -0.3 is 19.7 Å². The Morgan fingerprint density at radius 3 is 2.67 bits per heavy atom. The molecule has 3 atom stereocenters. The second-order valence-corrected chi connectivity index (χ2v) is 9.20. The van der Waals surface area contributed by atoms with Crippen LogP contribution in [0.15, 0.2) is 42.6 Å². The van der Waals surface area contributed by atoms with Crippen LogP contribution in [-0.2, 0) is 13.0 Å². The molecular formula is C27H28FNO4. The van der Waals surface area contributed by atoms with Gasteiger partial charge in [0.1, 0.15) is 30.9 Å². The van der Waals surface area contributed by atoms with Crippen molar-refractivity contribution in [3.05, 3.63) is 76.2 Å². The molecule has 172 valence electrons. The van der Waals surface area contributed by atoms with Crippen LogP contribution in [0.2, 0.25) is 0 Å². The maximum atomic E-state index is 14.6. The highest BCUT2D eigenvalue weighted by atomic mass is 19.1. The Balaban J connectivity index is 1.33. The normalized spacial score (nSPS) is 19.1. The molecule has 0 amide bonds. The van der Waals surface area contributed by atoms with Crippen molar-refractivity contribution < 1.29 is 24.1 Å². The van der Waals surface area contributed by atoms with Crippen molar-refractivity contribution in [3.8, 4) is 22.8 Å². The lowest BCUT2D eigenvalue weighted by Gasteiger charge is -2.16. The number of halogens is 1. The first-order chi connectivity index (χ1) is 15.9. The maximum absolute atomic E-state index is 14.6. The lowest BCUT2D eigenvalue weighted by Crippen LogP contribution is -2.21. The van der Waals surface area contributed by atoms with Crippen molar-refractivity contribution >= 4 is 0 Å². The van der Waals surface area contributed by atoms with E-state index in [1.807, 2.05) is 44.3 Å². The molecule has 1 saturated carbocycles. The van der Waals surface area contributed by atoms with E-state index in [9.17, 15) is 9.50 Å². The quantitative estimate of drug-likeness (QED) is 0.531. The summed E-state index contributed by atoms with van der Waals surface area (Å²) < 4.78 is 26.0. The third-order valence-electron chi connectivity index (χ3n) is 6.67. The zero-order valence-corrected chi connectivity index (χ0v) is 18.8. The van der Waals surface area contributed by atoms with Gasteiger partial charge in [-0.25, -0.2) is 9.37 Å². The molecule has 0 radical (unpaired) electrons. The molecule has 0 aliphatic heterocycles. The predicted molar refractivity (Wildman–Crippen MR) is 123 cm³/mol. The topological polar surface area (TPSA) is 71.8 Å². The Kier molecular flexibility index (Phi) is 5.81. The van der Waals surface area contributed by atoms with Crippen molar-refractivity contribution in [2.24, 2.45) is 5.92 Å². The molecule has 1 aromatic heterocycles. The summed E-state index contributed by atoms with van der Waals surface area (Å²) >= 11 is 0. The number of rotatable bonds is 8. The van der Waals surface area contributed by atoms with Gasteiger partial charge in [-0.2, -0.15) is 0 Å². The monoisotopic (exact) mass is 449 g/mol. The van der Waals surface area contributed by atoms with Crippen LogP contribution in [0.4, 0.5) is 4.39 Å². The van der Waals surface area contributed by atoms with Gasteiger partial charge in [-0.15, -0.1) is 0 Å². The Labute approximate surface area is 192 Å². The van der Waals surface area contributed by atoms with Crippen molar-refractivity contribution in [2.45, 2.75) is 45.3 Å². The Hall–Kier alpha value is -2.96. The second kappa shape index (κ2) is 8.76.